The maximum Gasteiger partial charge on any atom is 0.0771 e. The second-order valence-electron chi connectivity index (χ2n) is 7.16. The molecule has 2 saturated carbocycles. The fourth-order valence-electron chi connectivity index (χ4n) is 3.88. The molecule has 1 aromatic rings. The van der Waals surface area contributed by atoms with Crippen molar-refractivity contribution in [2.75, 3.05) is 0 Å². The van der Waals surface area contributed by atoms with Crippen LogP contribution in [0.5, 0.6) is 0 Å². The number of fused-ring (bicyclic) bond motifs is 1. The van der Waals surface area contributed by atoms with Gasteiger partial charge in [0.25, 0.3) is 0 Å². The molecule has 2 N–H and O–H groups in total. The van der Waals surface area contributed by atoms with Crippen molar-refractivity contribution in [3.05, 3.63) is 35.9 Å². The first-order valence-corrected chi connectivity index (χ1v) is 7.48. The molecular weight excluding hydrogens is 248 g/mol. The topological polar surface area (TPSA) is 44.6 Å². The Balaban J connectivity index is 1.73. The van der Waals surface area contributed by atoms with Gasteiger partial charge in [0.1, 0.15) is 0 Å². The van der Waals surface area contributed by atoms with E-state index in [2.05, 4.69) is 55.5 Å². The van der Waals surface area contributed by atoms with Crippen LogP contribution in [0.2, 0.25) is 0 Å². The van der Waals surface area contributed by atoms with Crippen molar-refractivity contribution in [2.45, 2.75) is 45.7 Å². The largest absolute Gasteiger partial charge is 0.411 e. The van der Waals surface area contributed by atoms with E-state index in [0.29, 0.717) is 11.3 Å². The van der Waals surface area contributed by atoms with Crippen molar-refractivity contribution in [1.29, 1.82) is 0 Å². The summed E-state index contributed by atoms with van der Waals surface area (Å²) in [5.41, 5.74) is 2.41. The van der Waals surface area contributed by atoms with E-state index >= 15 is 0 Å². The predicted molar refractivity (Wildman–Crippen MR) is 80.9 cm³/mol. The lowest BCUT2D eigenvalue weighted by atomic mass is 9.81. The van der Waals surface area contributed by atoms with E-state index in [4.69, 9.17) is 0 Å². The summed E-state index contributed by atoms with van der Waals surface area (Å²) in [7, 11) is 0. The maximum absolute atomic E-state index is 9.38. The third-order valence-electron chi connectivity index (χ3n) is 5.61. The van der Waals surface area contributed by atoms with Gasteiger partial charge < -0.3 is 10.5 Å². The summed E-state index contributed by atoms with van der Waals surface area (Å²) >= 11 is 0. The van der Waals surface area contributed by atoms with Crippen LogP contribution in [0, 0.1) is 17.3 Å². The molecule has 3 atom stereocenters. The Morgan fingerprint density at radius 3 is 2.55 bits per heavy atom. The van der Waals surface area contributed by atoms with Gasteiger partial charge >= 0.3 is 0 Å². The van der Waals surface area contributed by atoms with Gasteiger partial charge in [0.15, 0.2) is 0 Å². The minimum Gasteiger partial charge on any atom is -0.411 e. The molecule has 1 aromatic carbocycles. The number of nitrogens with zero attached hydrogens (tertiary/aromatic N) is 1. The highest BCUT2D eigenvalue weighted by molar-refractivity contribution is 5.94. The Morgan fingerprint density at radius 2 is 1.90 bits per heavy atom. The van der Waals surface area contributed by atoms with Crippen molar-refractivity contribution in [1.82, 2.24) is 5.32 Å². The summed E-state index contributed by atoms with van der Waals surface area (Å²) in [6.07, 6.45) is 1.99. The lowest BCUT2D eigenvalue weighted by Gasteiger charge is -2.35. The molecule has 0 bridgehead atoms. The SMILES string of the molecule is CC1(C)[C@@H]2C[C@](C)(NCc3ccccc3)/C(=N/O)C[C@@H]21. The molecule has 3 heteroatoms. The number of rotatable bonds is 3. The molecule has 0 spiro atoms. The molecule has 0 saturated heterocycles. The Labute approximate surface area is 121 Å². The summed E-state index contributed by atoms with van der Waals surface area (Å²) < 4.78 is 0. The summed E-state index contributed by atoms with van der Waals surface area (Å²) in [6, 6.07) is 10.4. The summed E-state index contributed by atoms with van der Waals surface area (Å²) in [5, 5.41) is 16.6. The quantitative estimate of drug-likeness (QED) is 0.654. The van der Waals surface area contributed by atoms with E-state index in [0.717, 1.165) is 31.0 Å². The molecule has 3 rings (SSSR count). The van der Waals surface area contributed by atoms with Crippen LogP contribution in [0.1, 0.15) is 39.2 Å². The van der Waals surface area contributed by atoms with Crippen LogP contribution in [-0.4, -0.2) is 16.5 Å². The maximum atomic E-state index is 9.38. The number of oxime groups is 1. The van der Waals surface area contributed by atoms with Crippen LogP contribution in [0.15, 0.2) is 35.5 Å². The molecule has 2 fully saturated rings. The fourth-order valence-corrected chi connectivity index (χ4v) is 3.88. The number of hydrogen-bond donors (Lipinski definition) is 2. The smallest absolute Gasteiger partial charge is 0.0771 e. The van der Waals surface area contributed by atoms with Crippen LogP contribution in [0.25, 0.3) is 0 Å². The lowest BCUT2D eigenvalue weighted by molar-refractivity contribution is 0.293. The van der Waals surface area contributed by atoms with E-state index in [9.17, 15) is 5.21 Å². The van der Waals surface area contributed by atoms with Gasteiger partial charge in [0.2, 0.25) is 0 Å². The molecule has 20 heavy (non-hydrogen) atoms. The van der Waals surface area contributed by atoms with Crippen molar-refractivity contribution < 1.29 is 5.21 Å². The van der Waals surface area contributed by atoms with Crippen molar-refractivity contribution in [3.8, 4) is 0 Å². The monoisotopic (exact) mass is 272 g/mol. The third kappa shape index (κ3) is 2.14. The Bertz CT molecular complexity index is 523. The Hall–Kier alpha value is -1.35. The number of hydrogen-bond acceptors (Lipinski definition) is 3. The molecule has 3 nitrogen and oxygen atoms in total. The summed E-state index contributed by atoms with van der Waals surface area (Å²) in [5.74, 6) is 1.45. The normalized spacial score (nSPS) is 36.6. The van der Waals surface area contributed by atoms with Crippen LogP contribution in [0.3, 0.4) is 0 Å². The molecule has 0 unspecified atom stereocenters. The molecular formula is C17H24N2O. The third-order valence-corrected chi connectivity index (χ3v) is 5.61. The fraction of sp³-hybridized carbons (Fsp3) is 0.588. The van der Waals surface area contributed by atoms with Gasteiger partial charge in [0, 0.05) is 6.54 Å². The van der Waals surface area contributed by atoms with Gasteiger partial charge in [-0.25, -0.2) is 0 Å². The average molecular weight is 272 g/mol. The van der Waals surface area contributed by atoms with Gasteiger partial charge in [-0.05, 0) is 42.6 Å². The van der Waals surface area contributed by atoms with Gasteiger partial charge in [-0.15, -0.1) is 0 Å². The first-order chi connectivity index (χ1) is 9.47. The molecule has 108 valence electrons. The highest BCUT2D eigenvalue weighted by Gasteiger charge is 2.63. The minimum atomic E-state index is -0.181. The van der Waals surface area contributed by atoms with Gasteiger partial charge in [-0.1, -0.05) is 49.3 Å². The second kappa shape index (κ2) is 4.59. The molecule has 2 aliphatic carbocycles. The summed E-state index contributed by atoms with van der Waals surface area (Å²) in [4.78, 5) is 0. The van der Waals surface area contributed by atoms with Crippen LogP contribution < -0.4 is 5.32 Å². The Morgan fingerprint density at radius 1 is 1.20 bits per heavy atom. The average Bonchev–Trinajstić information content (AvgIpc) is 2.97. The van der Waals surface area contributed by atoms with E-state index in [-0.39, 0.29) is 5.54 Å². The van der Waals surface area contributed by atoms with Crippen LogP contribution >= 0.6 is 0 Å². The predicted octanol–water partition coefficient (Wildman–Crippen LogP) is 3.43. The van der Waals surface area contributed by atoms with Crippen molar-refractivity contribution >= 4 is 5.71 Å². The molecule has 0 amide bonds. The van der Waals surface area contributed by atoms with Crippen LogP contribution in [0.4, 0.5) is 0 Å². The zero-order chi connectivity index (χ0) is 14.4. The zero-order valence-corrected chi connectivity index (χ0v) is 12.6. The molecule has 0 aromatic heterocycles. The highest BCUT2D eigenvalue weighted by Crippen LogP contribution is 2.65. The minimum absolute atomic E-state index is 0.181. The zero-order valence-electron chi connectivity index (χ0n) is 12.6. The first-order valence-electron chi connectivity index (χ1n) is 7.48. The van der Waals surface area contributed by atoms with Crippen LogP contribution in [-0.2, 0) is 6.54 Å². The lowest BCUT2D eigenvalue weighted by Crippen LogP contribution is -2.51. The Kier molecular flexibility index (Phi) is 3.13. The molecule has 0 radical (unpaired) electrons. The van der Waals surface area contributed by atoms with E-state index in [1.165, 1.54) is 5.56 Å². The van der Waals surface area contributed by atoms with Gasteiger partial charge in [-0.3, -0.25) is 0 Å². The first kappa shape index (κ1) is 13.6. The van der Waals surface area contributed by atoms with E-state index < -0.39 is 0 Å². The summed E-state index contributed by atoms with van der Waals surface area (Å²) in [6.45, 7) is 7.66. The number of nitrogens with one attached hydrogen (secondary N) is 1. The van der Waals surface area contributed by atoms with Crippen molar-refractivity contribution in [3.63, 3.8) is 0 Å². The second-order valence-corrected chi connectivity index (χ2v) is 7.16. The van der Waals surface area contributed by atoms with E-state index in [1.54, 1.807) is 0 Å². The molecule has 2 aliphatic rings. The van der Waals surface area contributed by atoms with Crippen molar-refractivity contribution in [2.24, 2.45) is 22.4 Å². The number of benzene rings is 1. The molecule has 0 heterocycles. The van der Waals surface area contributed by atoms with Gasteiger partial charge in [0.05, 0.1) is 11.3 Å². The molecule has 0 aliphatic heterocycles. The van der Waals surface area contributed by atoms with E-state index in [1.807, 2.05) is 6.07 Å². The van der Waals surface area contributed by atoms with Gasteiger partial charge in [-0.2, -0.15) is 0 Å². The highest BCUT2D eigenvalue weighted by atomic mass is 16.4. The standard InChI is InChI=1S/C17H24N2O/c1-16(2)13-9-15(19-20)17(3,10-14(13)16)18-11-12-7-5-4-6-8-12/h4-8,13-14,18,20H,9-11H2,1-3H3/b19-15+/t13-,14+,17-/m0/s1.